The summed E-state index contributed by atoms with van der Waals surface area (Å²) in [7, 11) is 1.79. The Kier molecular flexibility index (Phi) is 13.9. The third-order valence-electron chi connectivity index (χ3n) is 9.28. The molecule has 4 amide bonds. The third-order valence-corrected chi connectivity index (χ3v) is 9.28. The maximum absolute atomic E-state index is 14.4. The Bertz CT molecular complexity index is 1300. The lowest BCUT2D eigenvalue weighted by Gasteiger charge is -2.36. The maximum Gasteiger partial charge on any atom is 0.317 e. The Balaban J connectivity index is 1.56. The van der Waals surface area contributed by atoms with Crippen LogP contribution >= 0.6 is 0 Å². The van der Waals surface area contributed by atoms with Crippen LogP contribution in [-0.2, 0) is 16.0 Å². The van der Waals surface area contributed by atoms with Gasteiger partial charge >= 0.3 is 6.03 Å². The van der Waals surface area contributed by atoms with Crippen LogP contribution in [-0.4, -0.2) is 90.4 Å². The van der Waals surface area contributed by atoms with E-state index in [1.165, 1.54) is 6.42 Å². The fourth-order valence-corrected chi connectivity index (χ4v) is 6.33. The highest BCUT2D eigenvalue weighted by molar-refractivity contribution is 6.00. The molecule has 1 fully saturated rings. The van der Waals surface area contributed by atoms with Gasteiger partial charge in [0.1, 0.15) is 5.75 Å². The highest BCUT2D eigenvalue weighted by Crippen LogP contribution is 2.29. The van der Waals surface area contributed by atoms with Crippen molar-refractivity contribution in [1.29, 1.82) is 0 Å². The van der Waals surface area contributed by atoms with Crippen molar-refractivity contribution >= 4 is 23.5 Å². The van der Waals surface area contributed by atoms with Crippen LogP contribution < -0.4 is 15.4 Å². The summed E-state index contributed by atoms with van der Waals surface area (Å²) >= 11 is 0. The fourth-order valence-electron chi connectivity index (χ4n) is 6.33. The zero-order valence-corrected chi connectivity index (χ0v) is 28.6. The molecular weight excluding hydrogens is 596 g/mol. The number of hydrogen-bond acceptors (Lipinski definition) is 6. The first-order valence-corrected chi connectivity index (χ1v) is 17.3. The predicted octanol–water partition coefficient (Wildman–Crippen LogP) is 5.64. The van der Waals surface area contributed by atoms with Gasteiger partial charge in [-0.3, -0.25) is 9.59 Å². The van der Waals surface area contributed by atoms with Crippen LogP contribution in [0.3, 0.4) is 0 Å². The van der Waals surface area contributed by atoms with Gasteiger partial charge in [0, 0.05) is 44.4 Å². The van der Waals surface area contributed by atoms with Crippen molar-refractivity contribution in [3.63, 3.8) is 0 Å². The summed E-state index contributed by atoms with van der Waals surface area (Å²) in [4.78, 5) is 43.7. The molecule has 4 rings (SSSR count). The monoisotopic (exact) mass is 650 g/mol. The second-order valence-corrected chi connectivity index (χ2v) is 13.4. The van der Waals surface area contributed by atoms with E-state index in [1.807, 2.05) is 51.1 Å². The third kappa shape index (κ3) is 11.0. The summed E-state index contributed by atoms with van der Waals surface area (Å²) in [6, 6.07) is 14.3. The topological polar surface area (TPSA) is 120 Å². The van der Waals surface area contributed by atoms with Gasteiger partial charge in [0.15, 0.2) is 0 Å². The average molecular weight is 651 g/mol. The number of nitrogens with one attached hydrogen (secondary N) is 2. The van der Waals surface area contributed by atoms with Gasteiger partial charge in [-0.1, -0.05) is 56.5 Å². The number of urea groups is 1. The van der Waals surface area contributed by atoms with Crippen LogP contribution in [0.5, 0.6) is 5.75 Å². The summed E-state index contributed by atoms with van der Waals surface area (Å²) in [6.45, 7) is 6.79. The van der Waals surface area contributed by atoms with E-state index in [1.54, 1.807) is 35.0 Å². The minimum absolute atomic E-state index is 0.106. The van der Waals surface area contributed by atoms with Crippen LogP contribution in [0.25, 0.3) is 0 Å². The van der Waals surface area contributed by atoms with Gasteiger partial charge in [0.05, 0.1) is 36.8 Å². The molecule has 258 valence electrons. The number of ether oxygens (including phenoxy) is 2. The molecule has 0 radical (unpaired) electrons. The smallest absolute Gasteiger partial charge is 0.317 e. The van der Waals surface area contributed by atoms with Crippen molar-refractivity contribution in [3.05, 3.63) is 59.7 Å². The van der Waals surface area contributed by atoms with E-state index in [0.29, 0.717) is 36.7 Å². The number of fused-ring (bicyclic) bond motifs is 1. The van der Waals surface area contributed by atoms with Gasteiger partial charge in [-0.05, 0) is 69.7 Å². The fraction of sp³-hybridized carbons (Fsp3) is 0.595. The molecule has 0 aromatic heterocycles. The van der Waals surface area contributed by atoms with Crippen LogP contribution in [0.15, 0.2) is 48.5 Å². The number of aliphatic hydroxyl groups is 1. The molecule has 10 nitrogen and oxygen atoms in total. The number of nitrogens with zero attached hydrogens (tertiary/aromatic N) is 2. The molecule has 1 heterocycles. The highest BCUT2D eigenvalue weighted by Gasteiger charge is 2.31. The van der Waals surface area contributed by atoms with E-state index >= 15 is 0 Å². The van der Waals surface area contributed by atoms with Gasteiger partial charge in [-0.25, -0.2) is 4.79 Å². The number of aliphatic hydroxyl groups excluding tert-OH is 1. The van der Waals surface area contributed by atoms with Crippen molar-refractivity contribution in [2.45, 2.75) is 103 Å². The quantitative estimate of drug-likeness (QED) is 0.340. The van der Waals surface area contributed by atoms with Crippen LogP contribution in [0.1, 0.15) is 88.1 Å². The maximum atomic E-state index is 14.4. The Morgan fingerprint density at radius 1 is 1.02 bits per heavy atom. The molecule has 2 aliphatic rings. The number of anilines is 1. The molecule has 1 aliphatic heterocycles. The first kappa shape index (κ1) is 36.2. The van der Waals surface area contributed by atoms with Crippen molar-refractivity contribution in [1.82, 2.24) is 15.1 Å². The molecule has 10 heteroatoms. The Labute approximate surface area is 280 Å². The number of amides is 4. The number of benzene rings is 2. The first-order valence-electron chi connectivity index (χ1n) is 17.3. The molecule has 0 spiro atoms. The van der Waals surface area contributed by atoms with Crippen LogP contribution in [0.4, 0.5) is 10.5 Å². The summed E-state index contributed by atoms with van der Waals surface area (Å²) in [6.07, 6.45) is 7.73. The van der Waals surface area contributed by atoms with Gasteiger partial charge in [-0.2, -0.15) is 0 Å². The van der Waals surface area contributed by atoms with Gasteiger partial charge in [-0.15, -0.1) is 0 Å². The zero-order chi connectivity index (χ0) is 33.8. The van der Waals surface area contributed by atoms with Gasteiger partial charge in [0.25, 0.3) is 5.91 Å². The second kappa shape index (κ2) is 18.1. The Morgan fingerprint density at radius 2 is 1.74 bits per heavy atom. The van der Waals surface area contributed by atoms with Crippen molar-refractivity contribution < 1.29 is 29.0 Å². The van der Waals surface area contributed by atoms with Crippen LogP contribution in [0, 0.1) is 5.92 Å². The highest BCUT2D eigenvalue weighted by atomic mass is 16.5. The van der Waals surface area contributed by atoms with Gasteiger partial charge < -0.3 is 35.0 Å². The SMILES string of the molecule is C[C@@H]1CCCCO[C@H](CN(C)C(=O)NC2CCCCC2)[C@H](C)CN([C@@H](C)CO)C(=O)c2cc(NC(=O)Cc3ccccc3)ccc2O1. The molecule has 3 N–H and O–H groups in total. The molecule has 2 aromatic rings. The molecule has 1 aliphatic carbocycles. The number of hydrogen-bond donors (Lipinski definition) is 3. The molecule has 0 unspecified atom stereocenters. The molecule has 4 atom stereocenters. The average Bonchev–Trinajstić information content (AvgIpc) is 3.06. The lowest BCUT2D eigenvalue weighted by molar-refractivity contribution is -0.115. The summed E-state index contributed by atoms with van der Waals surface area (Å²) in [5.41, 5.74) is 1.70. The number of likely N-dealkylation sites (N-methyl/N-ethyl adjacent to an activating group) is 1. The lowest BCUT2D eigenvalue weighted by Crippen LogP contribution is -2.50. The van der Waals surface area contributed by atoms with Crippen molar-refractivity contribution in [2.75, 3.05) is 38.7 Å². The molecular formula is C37H54N4O6. The zero-order valence-electron chi connectivity index (χ0n) is 28.6. The van der Waals surface area contributed by atoms with E-state index in [2.05, 4.69) is 10.6 Å². The van der Waals surface area contributed by atoms with E-state index in [9.17, 15) is 19.5 Å². The van der Waals surface area contributed by atoms with E-state index < -0.39 is 6.04 Å². The molecule has 0 saturated heterocycles. The van der Waals surface area contributed by atoms with E-state index in [0.717, 1.165) is 50.5 Å². The summed E-state index contributed by atoms with van der Waals surface area (Å²) < 4.78 is 12.7. The summed E-state index contributed by atoms with van der Waals surface area (Å²) in [5, 5.41) is 16.4. The number of carbonyl (C=O) groups excluding carboxylic acids is 3. The molecule has 1 saturated carbocycles. The minimum atomic E-state index is -0.493. The van der Waals surface area contributed by atoms with Crippen molar-refractivity contribution in [2.24, 2.45) is 5.92 Å². The van der Waals surface area contributed by atoms with E-state index in [4.69, 9.17) is 9.47 Å². The van der Waals surface area contributed by atoms with Crippen LogP contribution in [0.2, 0.25) is 0 Å². The van der Waals surface area contributed by atoms with Crippen molar-refractivity contribution in [3.8, 4) is 5.75 Å². The standard InChI is InChI=1S/C37H54N4O6/c1-26-23-41(27(2)25-42)36(44)32-22-31(38-35(43)21-29-14-7-5-8-15-29)18-19-33(32)47-28(3)13-11-12-20-46-34(26)24-40(4)37(45)39-30-16-9-6-10-17-30/h5,7-8,14-15,18-19,22,26-28,30,34,42H,6,9-13,16-17,20-21,23-25H2,1-4H3,(H,38,43)(H,39,45)/t26-,27+,28-,34-/m1/s1. The van der Waals surface area contributed by atoms with Gasteiger partial charge in [0.2, 0.25) is 5.91 Å². The molecule has 47 heavy (non-hydrogen) atoms. The molecule has 2 aromatic carbocycles. The Morgan fingerprint density at radius 3 is 2.47 bits per heavy atom. The second-order valence-electron chi connectivity index (χ2n) is 13.4. The minimum Gasteiger partial charge on any atom is -0.490 e. The summed E-state index contributed by atoms with van der Waals surface area (Å²) in [5.74, 6) is -0.211. The molecule has 0 bridgehead atoms. The number of rotatable bonds is 8. The largest absolute Gasteiger partial charge is 0.490 e. The van der Waals surface area contributed by atoms with E-state index in [-0.39, 0.29) is 55.0 Å². The number of carbonyl (C=O) groups is 3. The Hall–Kier alpha value is -3.63. The predicted molar refractivity (Wildman–Crippen MR) is 184 cm³/mol. The normalized spacial score (nSPS) is 22.3. The first-order chi connectivity index (χ1) is 22.6. The lowest BCUT2D eigenvalue weighted by atomic mass is 9.96.